The highest BCUT2D eigenvalue weighted by Crippen LogP contribution is 2.18. The van der Waals surface area contributed by atoms with Gasteiger partial charge >= 0.3 is 0 Å². The van der Waals surface area contributed by atoms with Crippen LogP contribution in [-0.4, -0.2) is 4.98 Å². The average Bonchev–Trinajstić information content (AvgIpc) is 2.48. The van der Waals surface area contributed by atoms with Crippen LogP contribution >= 0.6 is 0 Å². The minimum absolute atomic E-state index is 0.103. The van der Waals surface area contributed by atoms with Gasteiger partial charge in [-0.15, -0.1) is 0 Å². The molecule has 0 saturated heterocycles. The van der Waals surface area contributed by atoms with Crippen LogP contribution in [0.15, 0.2) is 47.3 Å². The topological polar surface area (TPSA) is 44.9 Å². The SMILES string of the molecule is Cc1cc(C)c2[nH]c(=O)c(CNc3ccc(F)cc3)cc2c1. The number of anilines is 1. The fraction of sp³-hybridized carbons (Fsp3) is 0.167. The second kappa shape index (κ2) is 5.64. The van der Waals surface area contributed by atoms with Gasteiger partial charge in [0, 0.05) is 17.8 Å². The molecule has 0 unspecified atom stereocenters. The van der Waals surface area contributed by atoms with Crippen molar-refractivity contribution in [3.8, 4) is 0 Å². The molecule has 2 N–H and O–H groups in total. The molecule has 0 radical (unpaired) electrons. The number of rotatable bonds is 3. The minimum atomic E-state index is -0.278. The normalized spacial score (nSPS) is 10.9. The predicted octanol–water partition coefficient (Wildman–Crippen LogP) is 3.90. The van der Waals surface area contributed by atoms with Crippen LogP contribution in [0.25, 0.3) is 10.9 Å². The zero-order valence-corrected chi connectivity index (χ0v) is 12.5. The van der Waals surface area contributed by atoms with Gasteiger partial charge in [0.1, 0.15) is 5.82 Å². The van der Waals surface area contributed by atoms with Crippen LogP contribution in [0.3, 0.4) is 0 Å². The van der Waals surface area contributed by atoms with Crippen molar-refractivity contribution < 1.29 is 4.39 Å². The molecular formula is C18H17FN2O. The van der Waals surface area contributed by atoms with Crippen LogP contribution in [0.2, 0.25) is 0 Å². The molecule has 112 valence electrons. The zero-order chi connectivity index (χ0) is 15.7. The molecular weight excluding hydrogens is 279 g/mol. The molecule has 0 aliphatic heterocycles. The van der Waals surface area contributed by atoms with E-state index in [4.69, 9.17) is 0 Å². The van der Waals surface area contributed by atoms with Crippen LogP contribution < -0.4 is 10.9 Å². The Balaban J connectivity index is 1.92. The third kappa shape index (κ3) is 2.86. The first-order valence-corrected chi connectivity index (χ1v) is 7.15. The predicted molar refractivity (Wildman–Crippen MR) is 87.8 cm³/mol. The maximum Gasteiger partial charge on any atom is 0.253 e. The molecule has 0 spiro atoms. The summed E-state index contributed by atoms with van der Waals surface area (Å²) in [6.45, 7) is 4.42. The van der Waals surface area contributed by atoms with Gasteiger partial charge in [0.25, 0.3) is 5.56 Å². The number of hydrogen-bond acceptors (Lipinski definition) is 2. The zero-order valence-electron chi connectivity index (χ0n) is 12.5. The van der Waals surface area contributed by atoms with Gasteiger partial charge in [0.2, 0.25) is 0 Å². The summed E-state index contributed by atoms with van der Waals surface area (Å²) in [5, 5.41) is 4.16. The minimum Gasteiger partial charge on any atom is -0.381 e. The van der Waals surface area contributed by atoms with Crippen LogP contribution in [0, 0.1) is 19.7 Å². The average molecular weight is 296 g/mol. The fourth-order valence-corrected chi connectivity index (χ4v) is 2.63. The van der Waals surface area contributed by atoms with Gasteiger partial charge in [-0.05, 0) is 61.2 Å². The number of aromatic nitrogens is 1. The highest BCUT2D eigenvalue weighted by Gasteiger charge is 2.06. The molecule has 0 saturated carbocycles. The third-order valence-corrected chi connectivity index (χ3v) is 3.70. The Kier molecular flexibility index (Phi) is 3.67. The molecule has 2 aromatic carbocycles. The van der Waals surface area contributed by atoms with Crippen molar-refractivity contribution in [3.05, 3.63) is 75.3 Å². The molecule has 3 nitrogen and oxygen atoms in total. The van der Waals surface area contributed by atoms with E-state index in [9.17, 15) is 9.18 Å². The number of H-pyrrole nitrogens is 1. The van der Waals surface area contributed by atoms with Crippen molar-refractivity contribution in [1.29, 1.82) is 0 Å². The maximum absolute atomic E-state index is 12.9. The molecule has 22 heavy (non-hydrogen) atoms. The first kappa shape index (κ1) is 14.3. The number of hydrogen-bond donors (Lipinski definition) is 2. The van der Waals surface area contributed by atoms with E-state index in [1.807, 2.05) is 19.9 Å². The van der Waals surface area contributed by atoms with Gasteiger partial charge in [-0.2, -0.15) is 0 Å². The molecule has 4 heteroatoms. The Labute approximate surface area is 127 Å². The lowest BCUT2D eigenvalue weighted by Gasteiger charge is -2.09. The highest BCUT2D eigenvalue weighted by atomic mass is 19.1. The summed E-state index contributed by atoms with van der Waals surface area (Å²) < 4.78 is 12.9. The fourth-order valence-electron chi connectivity index (χ4n) is 2.63. The maximum atomic E-state index is 12.9. The Morgan fingerprint density at radius 3 is 2.55 bits per heavy atom. The smallest absolute Gasteiger partial charge is 0.253 e. The van der Waals surface area contributed by atoms with Crippen molar-refractivity contribution in [2.24, 2.45) is 0 Å². The van der Waals surface area contributed by atoms with E-state index in [0.29, 0.717) is 12.1 Å². The van der Waals surface area contributed by atoms with Crippen molar-refractivity contribution >= 4 is 16.6 Å². The van der Waals surface area contributed by atoms with Gasteiger partial charge < -0.3 is 10.3 Å². The molecule has 1 aromatic heterocycles. The van der Waals surface area contributed by atoms with E-state index in [-0.39, 0.29) is 11.4 Å². The molecule has 0 aliphatic carbocycles. The Bertz CT molecular complexity index is 882. The summed E-state index contributed by atoms with van der Waals surface area (Å²) in [7, 11) is 0. The van der Waals surface area contributed by atoms with Crippen LogP contribution in [0.4, 0.5) is 10.1 Å². The van der Waals surface area contributed by atoms with E-state index in [0.717, 1.165) is 27.7 Å². The molecule has 3 rings (SSSR count). The Hall–Kier alpha value is -2.62. The number of fused-ring (bicyclic) bond motifs is 1. The molecule has 0 amide bonds. The van der Waals surface area contributed by atoms with Crippen LogP contribution in [0.5, 0.6) is 0 Å². The molecule has 1 heterocycles. The van der Waals surface area contributed by atoms with Gasteiger partial charge in [0.05, 0.1) is 5.52 Å². The van der Waals surface area contributed by atoms with Gasteiger partial charge in [-0.25, -0.2) is 4.39 Å². The monoisotopic (exact) mass is 296 g/mol. The Morgan fingerprint density at radius 1 is 1.09 bits per heavy atom. The molecule has 3 aromatic rings. The second-order valence-corrected chi connectivity index (χ2v) is 5.53. The second-order valence-electron chi connectivity index (χ2n) is 5.53. The van der Waals surface area contributed by atoms with Crippen molar-refractivity contribution in [2.45, 2.75) is 20.4 Å². The summed E-state index contributed by atoms with van der Waals surface area (Å²) in [6, 6.07) is 12.1. The summed E-state index contributed by atoms with van der Waals surface area (Å²) in [6.07, 6.45) is 0. The van der Waals surface area contributed by atoms with Crippen molar-refractivity contribution in [1.82, 2.24) is 4.98 Å². The Morgan fingerprint density at radius 2 is 1.82 bits per heavy atom. The summed E-state index contributed by atoms with van der Waals surface area (Å²) in [5.41, 5.74) is 4.43. The molecule has 0 atom stereocenters. The van der Waals surface area contributed by atoms with E-state index < -0.39 is 0 Å². The number of nitrogens with one attached hydrogen (secondary N) is 2. The summed E-state index contributed by atoms with van der Waals surface area (Å²) in [5.74, 6) is -0.278. The summed E-state index contributed by atoms with van der Waals surface area (Å²) >= 11 is 0. The first-order valence-electron chi connectivity index (χ1n) is 7.15. The molecule has 0 fully saturated rings. The number of halogens is 1. The van der Waals surface area contributed by atoms with E-state index >= 15 is 0 Å². The lowest BCUT2D eigenvalue weighted by atomic mass is 10.1. The number of aromatic amines is 1. The summed E-state index contributed by atoms with van der Waals surface area (Å²) in [4.78, 5) is 15.1. The molecule has 0 bridgehead atoms. The lowest BCUT2D eigenvalue weighted by Crippen LogP contribution is -2.16. The van der Waals surface area contributed by atoms with Crippen LogP contribution in [0.1, 0.15) is 16.7 Å². The largest absolute Gasteiger partial charge is 0.381 e. The quantitative estimate of drug-likeness (QED) is 0.770. The van der Waals surface area contributed by atoms with E-state index in [1.54, 1.807) is 12.1 Å². The number of pyridine rings is 1. The molecule has 0 aliphatic rings. The van der Waals surface area contributed by atoms with Gasteiger partial charge in [-0.1, -0.05) is 11.6 Å². The number of benzene rings is 2. The van der Waals surface area contributed by atoms with E-state index in [2.05, 4.69) is 22.4 Å². The van der Waals surface area contributed by atoms with Crippen molar-refractivity contribution in [2.75, 3.05) is 5.32 Å². The highest BCUT2D eigenvalue weighted by molar-refractivity contribution is 5.82. The van der Waals surface area contributed by atoms with E-state index in [1.165, 1.54) is 12.1 Å². The standard InChI is InChI=1S/C18H17FN2O/c1-11-7-12(2)17-13(8-11)9-14(18(22)21-17)10-20-16-5-3-15(19)4-6-16/h3-9,20H,10H2,1-2H3,(H,21,22). The lowest BCUT2D eigenvalue weighted by molar-refractivity contribution is 0.628. The third-order valence-electron chi connectivity index (χ3n) is 3.70. The van der Waals surface area contributed by atoms with Crippen LogP contribution in [-0.2, 0) is 6.54 Å². The van der Waals surface area contributed by atoms with Gasteiger partial charge in [-0.3, -0.25) is 4.79 Å². The number of aryl methyl sites for hydroxylation is 2. The van der Waals surface area contributed by atoms with Gasteiger partial charge in [0.15, 0.2) is 0 Å². The van der Waals surface area contributed by atoms with Crippen molar-refractivity contribution in [3.63, 3.8) is 0 Å². The first-order chi connectivity index (χ1) is 10.5.